The van der Waals surface area contributed by atoms with Crippen molar-refractivity contribution in [3.8, 4) is 5.75 Å². The molecule has 0 saturated carbocycles. The molecule has 0 saturated heterocycles. The molecule has 5 nitrogen and oxygen atoms in total. The van der Waals surface area contributed by atoms with Crippen LogP contribution in [-0.4, -0.2) is 41.6 Å². The fraction of sp³-hybridized carbons (Fsp3) is 0.467. The second kappa shape index (κ2) is 8.67. The van der Waals surface area contributed by atoms with E-state index in [0.717, 1.165) is 4.47 Å². The zero-order valence-corrected chi connectivity index (χ0v) is 13.8. The van der Waals surface area contributed by atoms with E-state index < -0.39 is 11.9 Å². The molecule has 1 rings (SSSR count). The number of hydrogen-bond donors (Lipinski definition) is 1. The minimum absolute atomic E-state index is 0.0967. The molecule has 1 amide bonds. The van der Waals surface area contributed by atoms with Crippen molar-refractivity contribution in [1.82, 2.24) is 4.90 Å². The number of amides is 1. The molecule has 0 heterocycles. The van der Waals surface area contributed by atoms with E-state index in [4.69, 9.17) is 9.84 Å². The minimum atomic E-state index is -0.897. The molecule has 0 radical (unpaired) electrons. The van der Waals surface area contributed by atoms with Crippen molar-refractivity contribution in [2.75, 3.05) is 19.7 Å². The highest BCUT2D eigenvalue weighted by Crippen LogP contribution is 2.17. The van der Waals surface area contributed by atoms with Gasteiger partial charge in [-0.3, -0.25) is 9.59 Å². The zero-order valence-electron chi connectivity index (χ0n) is 12.2. The summed E-state index contributed by atoms with van der Waals surface area (Å²) in [5.74, 6) is -0.869. The standard InChI is InChI=1S/C15H20BrNO4/c1-3-17(10-11(2)15(19)20)14(18)7-8-21-13-6-4-5-12(16)9-13/h4-6,9,11H,3,7-8,10H2,1-2H3,(H,19,20). The first-order chi connectivity index (χ1) is 9.93. The summed E-state index contributed by atoms with van der Waals surface area (Å²) in [6.45, 7) is 4.42. The number of hydrogen-bond acceptors (Lipinski definition) is 3. The summed E-state index contributed by atoms with van der Waals surface area (Å²) in [5.41, 5.74) is 0. The van der Waals surface area contributed by atoms with E-state index in [1.165, 1.54) is 0 Å². The van der Waals surface area contributed by atoms with E-state index in [1.54, 1.807) is 11.8 Å². The number of carboxylic acid groups (broad SMARTS) is 1. The Morgan fingerprint density at radius 3 is 2.71 bits per heavy atom. The Morgan fingerprint density at radius 1 is 1.43 bits per heavy atom. The Morgan fingerprint density at radius 2 is 2.14 bits per heavy atom. The van der Waals surface area contributed by atoms with Crippen molar-refractivity contribution < 1.29 is 19.4 Å². The molecule has 0 fully saturated rings. The number of benzene rings is 1. The summed E-state index contributed by atoms with van der Waals surface area (Å²) >= 11 is 3.35. The van der Waals surface area contributed by atoms with Crippen molar-refractivity contribution in [2.24, 2.45) is 5.92 Å². The van der Waals surface area contributed by atoms with Gasteiger partial charge in [0, 0.05) is 17.6 Å². The molecule has 0 spiro atoms. The van der Waals surface area contributed by atoms with Gasteiger partial charge in [0.2, 0.25) is 5.91 Å². The van der Waals surface area contributed by atoms with E-state index in [9.17, 15) is 9.59 Å². The van der Waals surface area contributed by atoms with Crippen LogP contribution in [0.3, 0.4) is 0 Å². The average molecular weight is 358 g/mol. The predicted octanol–water partition coefficient (Wildman–Crippen LogP) is 2.79. The molecule has 21 heavy (non-hydrogen) atoms. The van der Waals surface area contributed by atoms with Crippen LogP contribution in [0.15, 0.2) is 28.7 Å². The van der Waals surface area contributed by atoms with E-state index in [0.29, 0.717) is 12.3 Å². The molecule has 1 aromatic carbocycles. The Labute approximate surface area is 133 Å². The van der Waals surface area contributed by atoms with Crippen LogP contribution in [0, 0.1) is 5.92 Å². The monoisotopic (exact) mass is 357 g/mol. The first-order valence-corrected chi connectivity index (χ1v) is 7.62. The molecule has 0 aromatic heterocycles. The van der Waals surface area contributed by atoms with Crippen LogP contribution >= 0.6 is 15.9 Å². The Kier molecular flexibility index (Phi) is 7.22. The maximum absolute atomic E-state index is 12.0. The largest absolute Gasteiger partial charge is 0.493 e. The number of carbonyl (C=O) groups is 2. The molecule has 1 aromatic rings. The maximum atomic E-state index is 12.0. The lowest BCUT2D eigenvalue weighted by Gasteiger charge is -2.23. The molecular weight excluding hydrogens is 338 g/mol. The molecule has 1 atom stereocenters. The van der Waals surface area contributed by atoms with Gasteiger partial charge >= 0.3 is 5.97 Å². The molecule has 1 unspecified atom stereocenters. The maximum Gasteiger partial charge on any atom is 0.308 e. The summed E-state index contributed by atoms with van der Waals surface area (Å²) in [5, 5.41) is 8.89. The first kappa shape index (κ1) is 17.5. The van der Waals surface area contributed by atoms with E-state index in [1.807, 2.05) is 31.2 Å². The smallest absolute Gasteiger partial charge is 0.308 e. The SMILES string of the molecule is CCN(CC(C)C(=O)O)C(=O)CCOc1cccc(Br)c1. The number of carbonyl (C=O) groups excluding carboxylic acids is 1. The van der Waals surface area contributed by atoms with Gasteiger partial charge in [0.15, 0.2) is 0 Å². The summed E-state index contributed by atoms with van der Waals surface area (Å²) in [7, 11) is 0. The van der Waals surface area contributed by atoms with Crippen molar-refractivity contribution in [2.45, 2.75) is 20.3 Å². The summed E-state index contributed by atoms with van der Waals surface area (Å²) < 4.78 is 6.42. The third kappa shape index (κ3) is 6.16. The van der Waals surface area contributed by atoms with Gasteiger partial charge < -0.3 is 14.7 Å². The van der Waals surface area contributed by atoms with Crippen molar-refractivity contribution in [3.05, 3.63) is 28.7 Å². The third-order valence-corrected chi connectivity index (χ3v) is 3.52. The summed E-state index contributed by atoms with van der Waals surface area (Å²) in [6, 6.07) is 7.39. The average Bonchev–Trinajstić information content (AvgIpc) is 2.44. The lowest BCUT2D eigenvalue weighted by atomic mass is 10.1. The molecular formula is C15H20BrNO4. The van der Waals surface area contributed by atoms with Crippen LogP contribution in [0.5, 0.6) is 5.75 Å². The number of rotatable bonds is 8. The molecule has 1 N–H and O–H groups in total. The van der Waals surface area contributed by atoms with Gasteiger partial charge in [-0.2, -0.15) is 0 Å². The Bertz CT molecular complexity index is 492. The van der Waals surface area contributed by atoms with Gasteiger partial charge in [0.1, 0.15) is 5.75 Å². The fourth-order valence-electron chi connectivity index (χ4n) is 1.79. The fourth-order valence-corrected chi connectivity index (χ4v) is 2.17. The Hall–Kier alpha value is -1.56. The minimum Gasteiger partial charge on any atom is -0.493 e. The van der Waals surface area contributed by atoms with Crippen LogP contribution < -0.4 is 4.74 Å². The second-order valence-electron chi connectivity index (χ2n) is 4.73. The van der Waals surface area contributed by atoms with Gasteiger partial charge in [-0.25, -0.2) is 0 Å². The van der Waals surface area contributed by atoms with Gasteiger partial charge in [-0.1, -0.05) is 28.9 Å². The van der Waals surface area contributed by atoms with E-state index in [-0.39, 0.29) is 25.5 Å². The van der Waals surface area contributed by atoms with Crippen LogP contribution in [-0.2, 0) is 9.59 Å². The quantitative estimate of drug-likeness (QED) is 0.776. The molecule has 6 heteroatoms. The highest BCUT2D eigenvalue weighted by Gasteiger charge is 2.19. The molecule has 0 aliphatic carbocycles. The topological polar surface area (TPSA) is 66.8 Å². The van der Waals surface area contributed by atoms with Crippen LogP contribution in [0.2, 0.25) is 0 Å². The molecule has 0 bridgehead atoms. The first-order valence-electron chi connectivity index (χ1n) is 6.83. The zero-order chi connectivity index (χ0) is 15.8. The molecule has 0 aliphatic heterocycles. The highest BCUT2D eigenvalue weighted by atomic mass is 79.9. The van der Waals surface area contributed by atoms with Gasteiger partial charge in [0.25, 0.3) is 0 Å². The predicted molar refractivity (Wildman–Crippen MR) is 83.3 cm³/mol. The summed E-state index contributed by atoms with van der Waals surface area (Å²) in [6.07, 6.45) is 0.229. The number of ether oxygens (including phenoxy) is 1. The van der Waals surface area contributed by atoms with E-state index in [2.05, 4.69) is 15.9 Å². The van der Waals surface area contributed by atoms with Gasteiger partial charge in [0.05, 0.1) is 18.9 Å². The van der Waals surface area contributed by atoms with E-state index >= 15 is 0 Å². The van der Waals surface area contributed by atoms with Gasteiger partial charge in [-0.15, -0.1) is 0 Å². The number of halogens is 1. The highest BCUT2D eigenvalue weighted by molar-refractivity contribution is 9.10. The number of carboxylic acids is 1. The van der Waals surface area contributed by atoms with Gasteiger partial charge in [-0.05, 0) is 25.1 Å². The van der Waals surface area contributed by atoms with Crippen LogP contribution in [0.4, 0.5) is 0 Å². The second-order valence-corrected chi connectivity index (χ2v) is 5.64. The number of nitrogens with zero attached hydrogens (tertiary/aromatic N) is 1. The van der Waals surface area contributed by atoms with Crippen LogP contribution in [0.25, 0.3) is 0 Å². The number of aliphatic carboxylic acids is 1. The Balaban J connectivity index is 2.42. The van der Waals surface area contributed by atoms with Crippen molar-refractivity contribution in [1.29, 1.82) is 0 Å². The van der Waals surface area contributed by atoms with Crippen molar-refractivity contribution in [3.63, 3.8) is 0 Å². The third-order valence-electron chi connectivity index (χ3n) is 3.03. The van der Waals surface area contributed by atoms with Crippen molar-refractivity contribution >= 4 is 27.8 Å². The molecule has 116 valence electrons. The lowest BCUT2D eigenvalue weighted by molar-refractivity contribution is -0.143. The normalized spacial score (nSPS) is 11.8. The van der Waals surface area contributed by atoms with Crippen LogP contribution in [0.1, 0.15) is 20.3 Å². The summed E-state index contributed by atoms with van der Waals surface area (Å²) in [4.78, 5) is 24.4. The lowest BCUT2D eigenvalue weighted by Crippen LogP contribution is -2.37. The molecule has 0 aliphatic rings.